The summed E-state index contributed by atoms with van der Waals surface area (Å²) in [6.07, 6.45) is 2.24. The lowest BCUT2D eigenvalue weighted by atomic mass is 9.83. The molecule has 0 N–H and O–H groups in total. The first-order valence-electron chi connectivity index (χ1n) is 8.60. The lowest BCUT2D eigenvalue weighted by molar-refractivity contribution is -0.394. The van der Waals surface area contributed by atoms with Gasteiger partial charge in [-0.05, 0) is 45.4 Å². The molecule has 142 valence electrons. The van der Waals surface area contributed by atoms with Crippen molar-refractivity contribution in [2.24, 2.45) is 0 Å². The van der Waals surface area contributed by atoms with Crippen molar-refractivity contribution < 1.29 is 13.3 Å². The van der Waals surface area contributed by atoms with Crippen molar-refractivity contribution in [3.8, 4) is 0 Å². The third-order valence-electron chi connectivity index (χ3n) is 4.35. The number of benzene rings is 1. The number of nitrogens with zero attached hydrogens (tertiary/aromatic N) is 3. The van der Waals surface area contributed by atoms with Gasteiger partial charge in [-0.2, -0.15) is 8.42 Å². The summed E-state index contributed by atoms with van der Waals surface area (Å²) >= 11 is 0. The predicted molar refractivity (Wildman–Crippen MR) is 100 cm³/mol. The minimum absolute atomic E-state index is 0.0570. The Morgan fingerprint density at radius 3 is 2.04 bits per heavy atom. The van der Waals surface area contributed by atoms with Gasteiger partial charge < -0.3 is 10.1 Å². The van der Waals surface area contributed by atoms with E-state index >= 15 is 0 Å². The fourth-order valence-electron chi connectivity index (χ4n) is 3.31. The summed E-state index contributed by atoms with van der Waals surface area (Å²) in [6.45, 7) is 12.1. The summed E-state index contributed by atoms with van der Waals surface area (Å²) < 4.78 is 27.1. The zero-order chi connectivity index (χ0) is 19.8. The maximum Gasteiger partial charge on any atom is 0.449 e. The van der Waals surface area contributed by atoms with Crippen molar-refractivity contribution in [2.75, 3.05) is 0 Å². The van der Waals surface area contributed by atoms with Gasteiger partial charge in [0.05, 0.1) is 0 Å². The summed E-state index contributed by atoms with van der Waals surface area (Å²) in [5, 5.41) is 11.2. The molecule has 1 aromatic heterocycles. The smallest absolute Gasteiger partial charge is 0.390 e. The van der Waals surface area contributed by atoms with Gasteiger partial charge in [0, 0.05) is 0 Å². The van der Waals surface area contributed by atoms with Gasteiger partial charge in [0.1, 0.15) is 17.3 Å². The minimum atomic E-state index is -4.13. The average molecular weight is 379 g/mol. The van der Waals surface area contributed by atoms with Crippen LogP contribution in [-0.4, -0.2) is 22.3 Å². The molecule has 2 rings (SSSR count). The molecule has 7 nitrogen and oxygen atoms in total. The third-order valence-corrected chi connectivity index (χ3v) is 6.06. The van der Waals surface area contributed by atoms with Gasteiger partial charge in [0.25, 0.3) is 0 Å². The van der Waals surface area contributed by atoms with Gasteiger partial charge in [-0.3, -0.25) is 0 Å². The Bertz CT molecular complexity index is 928. The van der Waals surface area contributed by atoms with Crippen LogP contribution >= 0.6 is 0 Å². The Morgan fingerprint density at radius 1 is 1.00 bits per heavy atom. The first-order chi connectivity index (χ1) is 12.0. The Balaban J connectivity index is 2.87. The molecule has 0 unspecified atom stereocenters. The molecule has 0 aliphatic heterocycles. The van der Waals surface area contributed by atoms with Crippen molar-refractivity contribution in [1.29, 1.82) is 0 Å². The average Bonchev–Trinajstić information content (AvgIpc) is 3.03. The van der Waals surface area contributed by atoms with Gasteiger partial charge in [-0.25, -0.2) is 0 Å². The fraction of sp³-hybridized carbons (Fsp3) is 0.500. The van der Waals surface area contributed by atoms with Crippen molar-refractivity contribution in [3.05, 3.63) is 51.3 Å². The zero-order valence-corrected chi connectivity index (χ0v) is 16.7. The standard InChI is InChI=1S/C18H25N3O4S/c1-11(2)14-7-8-15(17(13(5)6)16(14)12(3)4)26(24,25)20-10-9-19-18(20)21(22)23/h7-13H,1-6H3. The van der Waals surface area contributed by atoms with Crippen LogP contribution in [0.2, 0.25) is 0 Å². The number of aromatic nitrogens is 2. The number of nitro groups is 1. The second-order valence-corrected chi connectivity index (χ2v) is 9.01. The summed E-state index contributed by atoms with van der Waals surface area (Å²) in [4.78, 5) is 14.0. The molecule has 0 saturated heterocycles. The highest BCUT2D eigenvalue weighted by atomic mass is 32.2. The molecule has 0 saturated carbocycles. The van der Waals surface area contributed by atoms with E-state index in [2.05, 4.69) is 18.8 Å². The molecule has 0 amide bonds. The third kappa shape index (κ3) is 3.38. The summed E-state index contributed by atoms with van der Waals surface area (Å²) in [6, 6.07) is 3.39. The molecular weight excluding hydrogens is 354 g/mol. The van der Waals surface area contributed by atoms with E-state index in [1.54, 1.807) is 6.07 Å². The second-order valence-electron chi connectivity index (χ2n) is 7.23. The molecule has 2 aromatic rings. The highest BCUT2D eigenvalue weighted by Crippen LogP contribution is 2.38. The number of rotatable bonds is 6. The Hall–Kier alpha value is -2.22. The van der Waals surface area contributed by atoms with Crippen LogP contribution < -0.4 is 0 Å². The summed E-state index contributed by atoms with van der Waals surface area (Å²) in [5.74, 6) is -0.404. The Morgan fingerprint density at radius 2 is 1.58 bits per heavy atom. The van der Waals surface area contributed by atoms with Crippen LogP contribution in [0.25, 0.3) is 0 Å². The number of hydrogen-bond donors (Lipinski definition) is 0. The summed E-state index contributed by atoms with van der Waals surface area (Å²) in [7, 11) is -4.13. The Kier molecular flexibility index (Phi) is 5.55. The molecule has 0 atom stereocenters. The second kappa shape index (κ2) is 7.19. The van der Waals surface area contributed by atoms with E-state index in [4.69, 9.17) is 0 Å². The van der Waals surface area contributed by atoms with Crippen LogP contribution in [0.4, 0.5) is 5.95 Å². The van der Waals surface area contributed by atoms with Gasteiger partial charge >= 0.3 is 16.0 Å². The summed E-state index contributed by atoms with van der Waals surface area (Å²) in [5.41, 5.74) is 2.82. The molecule has 26 heavy (non-hydrogen) atoms. The fourth-order valence-corrected chi connectivity index (χ4v) is 4.93. The van der Waals surface area contributed by atoms with Crippen molar-refractivity contribution in [2.45, 2.75) is 64.2 Å². The van der Waals surface area contributed by atoms with Gasteiger partial charge in [0.2, 0.25) is 0 Å². The van der Waals surface area contributed by atoms with Crippen LogP contribution in [0.5, 0.6) is 0 Å². The van der Waals surface area contributed by atoms with Crippen molar-refractivity contribution in [3.63, 3.8) is 0 Å². The van der Waals surface area contributed by atoms with Crippen LogP contribution in [0.3, 0.4) is 0 Å². The lowest BCUT2D eigenvalue weighted by Crippen LogP contribution is -2.19. The highest BCUT2D eigenvalue weighted by Gasteiger charge is 2.33. The van der Waals surface area contributed by atoms with Crippen molar-refractivity contribution >= 4 is 16.0 Å². The maximum atomic E-state index is 13.2. The number of hydrogen-bond acceptors (Lipinski definition) is 5. The Labute approximate surface area is 154 Å². The van der Waals surface area contributed by atoms with Gasteiger partial charge in [-0.1, -0.05) is 52.6 Å². The molecule has 0 aliphatic carbocycles. The van der Waals surface area contributed by atoms with E-state index < -0.39 is 20.9 Å². The van der Waals surface area contributed by atoms with Crippen molar-refractivity contribution in [1.82, 2.24) is 8.96 Å². The first-order valence-corrected chi connectivity index (χ1v) is 10.0. The maximum absolute atomic E-state index is 13.2. The van der Waals surface area contributed by atoms with E-state index in [1.807, 2.05) is 33.8 Å². The molecule has 0 bridgehead atoms. The molecule has 8 heteroatoms. The van der Waals surface area contributed by atoms with Gasteiger partial charge in [0.15, 0.2) is 0 Å². The van der Waals surface area contributed by atoms with Crippen LogP contribution in [0.1, 0.15) is 76.0 Å². The molecule has 0 spiro atoms. The van der Waals surface area contributed by atoms with E-state index in [1.165, 1.54) is 0 Å². The predicted octanol–water partition coefficient (Wildman–Crippen LogP) is 4.40. The zero-order valence-electron chi connectivity index (χ0n) is 15.9. The van der Waals surface area contributed by atoms with E-state index in [0.717, 1.165) is 23.5 Å². The lowest BCUT2D eigenvalue weighted by Gasteiger charge is -2.25. The van der Waals surface area contributed by atoms with E-state index in [-0.39, 0.29) is 22.6 Å². The highest BCUT2D eigenvalue weighted by molar-refractivity contribution is 7.90. The monoisotopic (exact) mass is 379 g/mol. The normalized spacial score (nSPS) is 12.3. The topological polar surface area (TPSA) is 95.1 Å². The SMILES string of the molecule is CC(C)c1ccc(S(=O)(=O)n2ccnc2[N+](=O)[O-])c(C(C)C)c1C(C)C. The van der Waals surface area contributed by atoms with E-state index in [0.29, 0.717) is 9.54 Å². The number of imidazole rings is 1. The molecule has 0 radical (unpaired) electrons. The van der Waals surface area contributed by atoms with Gasteiger partial charge in [-0.15, -0.1) is 3.97 Å². The molecular formula is C18H25N3O4S. The first kappa shape index (κ1) is 20.1. The molecule has 0 fully saturated rings. The van der Waals surface area contributed by atoms with E-state index in [9.17, 15) is 18.5 Å². The van der Waals surface area contributed by atoms with Crippen LogP contribution in [0, 0.1) is 10.1 Å². The minimum Gasteiger partial charge on any atom is -0.390 e. The molecule has 1 aromatic carbocycles. The molecule has 1 heterocycles. The quantitative estimate of drug-likeness (QED) is 0.547. The molecule has 0 aliphatic rings. The van der Waals surface area contributed by atoms with Crippen LogP contribution in [-0.2, 0) is 10.0 Å². The largest absolute Gasteiger partial charge is 0.449 e. The van der Waals surface area contributed by atoms with Crippen LogP contribution in [0.15, 0.2) is 29.4 Å².